The molecule has 0 unspecified atom stereocenters. The minimum atomic E-state index is 0.214. The van der Waals surface area contributed by atoms with Gasteiger partial charge in [-0.05, 0) is 26.2 Å². The van der Waals surface area contributed by atoms with E-state index >= 15 is 0 Å². The van der Waals surface area contributed by atoms with Crippen LogP contribution in [0.3, 0.4) is 0 Å². The molecule has 1 saturated carbocycles. The van der Waals surface area contributed by atoms with Crippen molar-refractivity contribution in [2.45, 2.75) is 52.4 Å². The van der Waals surface area contributed by atoms with E-state index in [4.69, 9.17) is 0 Å². The zero-order chi connectivity index (χ0) is 13.0. The zero-order valence-corrected chi connectivity index (χ0v) is 12.0. The standard InChI is InChI=1S/C13H21N3OS/c1-3-4-9-16(13-15-14-10(2)18-13)12(17)11-7-5-6-8-11/h11H,3-9H2,1-2H3. The van der Waals surface area contributed by atoms with Crippen LogP contribution in [0, 0.1) is 12.8 Å². The number of amides is 1. The fourth-order valence-corrected chi connectivity index (χ4v) is 3.12. The monoisotopic (exact) mass is 267 g/mol. The summed E-state index contributed by atoms with van der Waals surface area (Å²) < 4.78 is 0. The first kappa shape index (κ1) is 13.5. The fourth-order valence-electron chi connectivity index (χ4n) is 2.40. The maximum atomic E-state index is 12.5. The lowest BCUT2D eigenvalue weighted by molar-refractivity contribution is -0.122. The van der Waals surface area contributed by atoms with E-state index in [2.05, 4.69) is 17.1 Å². The topological polar surface area (TPSA) is 46.1 Å². The maximum absolute atomic E-state index is 12.5. The van der Waals surface area contributed by atoms with Crippen molar-refractivity contribution in [3.05, 3.63) is 5.01 Å². The molecule has 1 aliphatic carbocycles. The summed E-state index contributed by atoms with van der Waals surface area (Å²) in [5.41, 5.74) is 0. The molecule has 2 rings (SSSR count). The Labute approximate surface area is 112 Å². The first-order valence-corrected chi connectivity index (χ1v) is 7.65. The quantitative estimate of drug-likeness (QED) is 0.823. The van der Waals surface area contributed by atoms with E-state index in [1.807, 2.05) is 11.8 Å². The molecular weight excluding hydrogens is 246 g/mol. The van der Waals surface area contributed by atoms with Crippen molar-refractivity contribution in [1.82, 2.24) is 10.2 Å². The summed E-state index contributed by atoms with van der Waals surface area (Å²) >= 11 is 1.52. The Hall–Kier alpha value is -0.970. The van der Waals surface area contributed by atoms with Crippen LogP contribution in [0.2, 0.25) is 0 Å². The van der Waals surface area contributed by atoms with Crippen LogP contribution in [-0.4, -0.2) is 22.6 Å². The third-order valence-electron chi connectivity index (χ3n) is 3.45. The number of hydrogen-bond acceptors (Lipinski definition) is 4. The SMILES string of the molecule is CCCCN(C(=O)C1CCCC1)c1nnc(C)s1. The van der Waals surface area contributed by atoms with Gasteiger partial charge in [0.05, 0.1) is 0 Å². The van der Waals surface area contributed by atoms with Crippen molar-refractivity contribution >= 4 is 22.4 Å². The summed E-state index contributed by atoms with van der Waals surface area (Å²) in [6.45, 7) is 4.85. The minimum absolute atomic E-state index is 0.214. The average molecular weight is 267 g/mol. The Morgan fingerprint density at radius 2 is 2.11 bits per heavy atom. The van der Waals surface area contributed by atoms with Gasteiger partial charge in [-0.1, -0.05) is 37.5 Å². The molecule has 4 nitrogen and oxygen atoms in total. The maximum Gasteiger partial charge on any atom is 0.231 e. The normalized spacial score (nSPS) is 16.1. The second kappa shape index (κ2) is 6.27. The number of aryl methyl sites for hydroxylation is 1. The van der Waals surface area contributed by atoms with Gasteiger partial charge in [0.1, 0.15) is 5.01 Å². The van der Waals surface area contributed by atoms with Gasteiger partial charge in [-0.15, -0.1) is 10.2 Å². The summed E-state index contributed by atoms with van der Waals surface area (Å²) in [7, 11) is 0. The van der Waals surface area contributed by atoms with Crippen LogP contribution in [0.15, 0.2) is 0 Å². The molecule has 1 aliphatic rings. The van der Waals surface area contributed by atoms with Crippen molar-refractivity contribution in [2.24, 2.45) is 5.92 Å². The summed E-state index contributed by atoms with van der Waals surface area (Å²) in [5.74, 6) is 0.475. The highest BCUT2D eigenvalue weighted by atomic mass is 32.1. The van der Waals surface area contributed by atoms with Crippen molar-refractivity contribution in [1.29, 1.82) is 0 Å². The molecule has 1 amide bonds. The van der Waals surface area contributed by atoms with E-state index in [9.17, 15) is 4.79 Å². The van der Waals surface area contributed by atoms with Crippen LogP contribution in [0.25, 0.3) is 0 Å². The van der Waals surface area contributed by atoms with Crippen molar-refractivity contribution in [3.63, 3.8) is 0 Å². The van der Waals surface area contributed by atoms with E-state index in [-0.39, 0.29) is 11.8 Å². The van der Waals surface area contributed by atoms with E-state index in [0.717, 1.165) is 42.4 Å². The molecule has 1 fully saturated rings. The predicted octanol–water partition coefficient (Wildman–Crippen LogP) is 3.17. The fraction of sp³-hybridized carbons (Fsp3) is 0.769. The van der Waals surface area contributed by atoms with Crippen LogP contribution >= 0.6 is 11.3 Å². The number of carbonyl (C=O) groups is 1. The molecule has 0 radical (unpaired) electrons. The molecule has 0 aliphatic heterocycles. The lowest BCUT2D eigenvalue weighted by Gasteiger charge is -2.22. The third kappa shape index (κ3) is 3.07. The Balaban J connectivity index is 2.10. The number of anilines is 1. The summed E-state index contributed by atoms with van der Waals surface area (Å²) in [4.78, 5) is 14.4. The molecule has 0 bridgehead atoms. The van der Waals surface area contributed by atoms with Crippen molar-refractivity contribution in [2.75, 3.05) is 11.4 Å². The van der Waals surface area contributed by atoms with Crippen molar-refractivity contribution < 1.29 is 4.79 Å². The molecule has 0 N–H and O–H groups in total. The molecule has 18 heavy (non-hydrogen) atoms. The molecule has 1 aromatic heterocycles. The molecule has 0 atom stereocenters. The van der Waals surface area contributed by atoms with Crippen LogP contribution in [0.4, 0.5) is 5.13 Å². The molecule has 1 aromatic rings. The van der Waals surface area contributed by atoms with E-state index in [0.29, 0.717) is 0 Å². The van der Waals surface area contributed by atoms with Gasteiger partial charge < -0.3 is 0 Å². The zero-order valence-electron chi connectivity index (χ0n) is 11.2. The van der Waals surface area contributed by atoms with E-state index in [1.165, 1.54) is 24.2 Å². The van der Waals surface area contributed by atoms with E-state index in [1.54, 1.807) is 0 Å². The highest BCUT2D eigenvalue weighted by Crippen LogP contribution is 2.29. The highest BCUT2D eigenvalue weighted by Gasteiger charge is 2.29. The lowest BCUT2D eigenvalue weighted by atomic mass is 10.1. The molecule has 1 heterocycles. The largest absolute Gasteiger partial charge is 0.286 e. The summed E-state index contributed by atoms with van der Waals surface area (Å²) in [5, 5.41) is 9.86. The molecule has 5 heteroatoms. The Morgan fingerprint density at radius 1 is 1.39 bits per heavy atom. The van der Waals surface area contributed by atoms with Gasteiger partial charge in [-0.3, -0.25) is 9.69 Å². The molecule has 100 valence electrons. The molecule has 0 saturated heterocycles. The first-order valence-electron chi connectivity index (χ1n) is 6.84. The first-order chi connectivity index (χ1) is 8.72. The van der Waals surface area contributed by atoms with E-state index < -0.39 is 0 Å². The summed E-state index contributed by atoms with van der Waals surface area (Å²) in [6, 6.07) is 0. The smallest absolute Gasteiger partial charge is 0.231 e. The van der Waals surface area contributed by atoms with Gasteiger partial charge >= 0.3 is 0 Å². The van der Waals surface area contributed by atoms with Crippen LogP contribution < -0.4 is 4.90 Å². The van der Waals surface area contributed by atoms with Crippen LogP contribution in [0.1, 0.15) is 50.5 Å². The van der Waals surface area contributed by atoms with Crippen molar-refractivity contribution in [3.8, 4) is 0 Å². The Kier molecular flexibility index (Phi) is 4.69. The van der Waals surface area contributed by atoms with Gasteiger partial charge in [0.25, 0.3) is 0 Å². The number of hydrogen-bond donors (Lipinski definition) is 0. The number of carbonyl (C=O) groups excluding carboxylic acids is 1. The van der Waals surface area contributed by atoms with Gasteiger partial charge in [0.15, 0.2) is 0 Å². The predicted molar refractivity (Wildman–Crippen MR) is 73.9 cm³/mol. The number of rotatable bonds is 5. The second-order valence-corrected chi connectivity index (χ2v) is 6.09. The molecular formula is C13H21N3OS. The van der Waals surface area contributed by atoms with Crippen LogP contribution in [0.5, 0.6) is 0 Å². The molecule has 0 spiro atoms. The number of nitrogens with zero attached hydrogens (tertiary/aromatic N) is 3. The van der Waals surface area contributed by atoms with Gasteiger partial charge in [0, 0.05) is 12.5 Å². The van der Waals surface area contributed by atoms with Gasteiger partial charge in [-0.25, -0.2) is 0 Å². The van der Waals surface area contributed by atoms with Gasteiger partial charge in [0.2, 0.25) is 11.0 Å². The Bertz CT molecular complexity index is 399. The van der Waals surface area contributed by atoms with Crippen LogP contribution in [-0.2, 0) is 4.79 Å². The second-order valence-electron chi connectivity index (χ2n) is 4.93. The van der Waals surface area contributed by atoms with Gasteiger partial charge in [-0.2, -0.15) is 0 Å². The highest BCUT2D eigenvalue weighted by molar-refractivity contribution is 7.15. The molecule has 0 aromatic carbocycles. The summed E-state index contributed by atoms with van der Waals surface area (Å²) in [6.07, 6.45) is 6.57. The number of unbranched alkanes of at least 4 members (excludes halogenated alkanes) is 1. The minimum Gasteiger partial charge on any atom is -0.286 e. The lowest BCUT2D eigenvalue weighted by Crippen LogP contribution is -2.36. The third-order valence-corrected chi connectivity index (χ3v) is 4.31. The Morgan fingerprint density at radius 3 is 2.67 bits per heavy atom. The number of aromatic nitrogens is 2. The average Bonchev–Trinajstić information content (AvgIpc) is 3.00.